The number of halogens is 2. The van der Waals surface area contributed by atoms with Crippen LogP contribution in [0.15, 0.2) is 81.1 Å². The van der Waals surface area contributed by atoms with Gasteiger partial charge in [-0.05, 0) is 78.0 Å². The molecule has 9 heteroatoms. The van der Waals surface area contributed by atoms with Crippen LogP contribution in [0.1, 0.15) is 21.5 Å². The summed E-state index contributed by atoms with van der Waals surface area (Å²) in [6.07, 6.45) is 1.78. The maximum Gasteiger partial charge on any atom is 0.335 e. The first kappa shape index (κ1) is 24.1. The first-order valence-electron chi connectivity index (χ1n) is 10.1. The van der Waals surface area contributed by atoms with E-state index in [4.69, 9.17) is 21.4 Å². The van der Waals surface area contributed by atoms with Crippen LogP contribution in [0.3, 0.4) is 0 Å². The van der Waals surface area contributed by atoms with E-state index in [1.807, 2.05) is 42.5 Å². The molecule has 0 aliphatic carbocycles. The standard InChI is InChI=1S/C25H18BrClN2O4S/c1-29-23(30)22(34-25(29)28-20-9-4-16(5-10-20)24(31)32)13-17-12-18(26)6-11-21(17)33-14-15-2-7-19(27)8-3-15/h2-13H,14H2,1H3,(H,31,32). The van der Waals surface area contributed by atoms with Crippen LogP contribution in [-0.4, -0.2) is 34.1 Å². The molecule has 4 rings (SSSR count). The quantitative estimate of drug-likeness (QED) is 0.345. The Morgan fingerprint density at radius 1 is 1.15 bits per heavy atom. The zero-order chi connectivity index (χ0) is 24.2. The van der Waals surface area contributed by atoms with E-state index in [1.54, 1.807) is 25.3 Å². The molecular formula is C25H18BrClN2O4S. The van der Waals surface area contributed by atoms with Crippen molar-refractivity contribution in [1.29, 1.82) is 0 Å². The van der Waals surface area contributed by atoms with Crippen LogP contribution in [0, 0.1) is 0 Å². The number of carboxylic acids is 1. The Bertz CT molecular complexity index is 1310. The summed E-state index contributed by atoms with van der Waals surface area (Å²) in [5, 5.41) is 10.2. The van der Waals surface area contributed by atoms with Gasteiger partial charge in [-0.3, -0.25) is 9.69 Å². The minimum atomic E-state index is -1.00. The van der Waals surface area contributed by atoms with E-state index in [9.17, 15) is 9.59 Å². The molecular weight excluding hydrogens is 540 g/mol. The third-order valence-corrected chi connectivity index (χ3v) is 6.71. The SMILES string of the molecule is CN1C(=O)C(=Cc2cc(Br)ccc2OCc2ccc(Cl)cc2)SC1=Nc1ccc(C(=O)O)cc1. The monoisotopic (exact) mass is 556 g/mol. The number of rotatable bonds is 6. The van der Waals surface area contributed by atoms with Crippen molar-refractivity contribution in [3.8, 4) is 5.75 Å². The van der Waals surface area contributed by atoms with E-state index >= 15 is 0 Å². The van der Waals surface area contributed by atoms with Crippen LogP contribution in [0.4, 0.5) is 5.69 Å². The van der Waals surface area contributed by atoms with Crippen LogP contribution in [-0.2, 0) is 11.4 Å². The van der Waals surface area contributed by atoms with Crippen LogP contribution >= 0.6 is 39.3 Å². The van der Waals surface area contributed by atoms with Crippen molar-refractivity contribution in [1.82, 2.24) is 4.90 Å². The van der Waals surface area contributed by atoms with Crippen LogP contribution in [0.25, 0.3) is 6.08 Å². The second-order valence-corrected chi connectivity index (χ2v) is 9.68. The number of ether oxygens (including phenoxy) is 1. The summed E-state index contributed by atoms with van der Waals surface area (Å²) >= 11 is 10.7. The molecule has 0 aromatic heterocycles. The van der Waals surface area contributed by atoms with Gasteiger partial charge in [-0.25, -0.2) is 9.79 Å². The number of carboxylic acid groups (broad SMARTS) is 1. The summed E-state index contributed by atoms with van der Waals surface area (Å²) in [5.74, 6) is -0.555. The Hall–Kier alpha value is -3.07. The van der Waals surface area contributed by atoms with Crippen molar-refractivity contribution in [2.75, 3.05) is 7.05 Å². The van der Waals surface area contributed by atoms with Gasteiger partial charge in [0, 0.05) is 22.1 Å². The third kappa shape index (κ3) is 5.70. The Morgan fingerprint density at radius 3 is 2.53 bits per heavy atom. The fraction of sp³-hybridized carbons (Fsp3) is 0.0800. The number of amides is 1. The highest BCUT2D eigenvalue weighted by Gasteiger charge is 2.30. The number of benzene rings is 3. The van der Waals surface area contributed by atoms with E-state index in [0.717, 1.165) is 15.6 Å². The molecule has 0 saturated carbocycles. The number of aromatic carboxylic acids is 1. The van der Waals surface area contributed by atoms with Crippen LogP contribution in [0.2, 0.25) is 5.02 Å². The van der Waals surface area contributed by atoms with E-state index in [-0.39, 0.29) is 11.5 Å². The third-order valence-electron chi connectivity index (χ3n) is 4.91. The second kappa shape index (κ2) is 10.5. The number of hydrogen-bond acceptors (Lipinski definition) is 5. The predicted octanol–water partition coefficient (Wildman–Crippen LogP) is 6.61. The highest BCUT2D eigenvalue weighted by atomic mass is 79.9. The van der Waals surface area contributed by atoms with Gasteiger partial charge in [-0.15, -0.1) is 0 Å². The molecule has 1 fully saturated rings. The van der Waals surface area contributed by atoms with Gasteiger partial charge in [0.1, 0.15) is 12.4 Å². The van der Waals surface area contributed by atoms with Gasteiger partial charge < -0.3 is 9.84 Å². The molecule has 0 bridgehead atoms. The predicted molar refractivity (Wildman–Crippen MR) is 139 cm³/mol. The lowest BCUT2D eigenvalue weighted by Crippen LogP contribution is -2.23. The van der Waals surface area contributed by atoms with Gasteiger partial charge in [0.15, 0.2) is 5.17 Å². The fourth-order valence-electron chi connectivity index (χ4n) is 3.09. The molecule has 6 nitrogen and oxygen atoms in total. The lowest BCUT2D eigenvalue weighted by atomic mass is 10.1. The summed E-state index contributed by atoms with van der Waals surface area (Å²) in [6.45, 7) is 0.356. The molecule has 0 spiro atoms. The van der Waals surface area contributed by atoms with Crippen molar-refractivity contribution in [2.24, 2.45) is 4.99 Å². The summed E-state index contributed by atoms with van der Waals surface area (Å²) < 4.78 is 6.88. The second-order valence-electron chi connectivity index (χ2n) is 7.32. The molecule has 34 heavy (non-hydrogen) atoms. The zero-order valence-electron chi connectivity index (χ0n) is 17.9. The smallest absolute Gasteiger partial charge is 0.335 e. The van der Waals surface area contributed by atoms with E-state index in [1.165, 1.54) is 28.8 Å². The summed E-state index contributed by atoms with van der Waals surface area (Å²) in [7, 11) is 1.65. The van der Waals surface area contributed by atoms with Gasteiger partial charge in [0.2, 0.25) is 0 Å². The Labute approximate surface area is 214 Å². The zero-order valence-corrected chi connectivity index (χ0v) is 21.0. The van der Waals surface area contributed by atoms with Gasteiger partial charge >= 0.3 is 5.97 Å². The number of carbonyl (C=O) groups is 2. The molecule has 1 amide bonds. The number of hydrogen-bond donors (Lipinski definition) is 1. The lowest BCUT2D eigenvalue weighted by Gasteiger charge is -2.10. The summed E-state index contributed by atoms with van der Waals surface area (Å²) in [4.78, 5) is 30.4. The average Bonchev–Trinajstić information content (AvgIpc) is 3.07. The van der Waals surface area contributed by atoms with Gasteiger partial charge in [-0.1, -0.05) is 39.7 Å². The lowest BCUT2D eigenvalue weighted by molar-refractivity contribution is -0.121. The Kier molecular flexibility index (Phi) is 7.41. The van der Waals surface area contributed by atoms with E-state index in [2.05, 4.69) is 20.9 Å². The Balaban J connectivity index is 1.57. The molecule has 1 aliphatic rings. The van der Waals surface area contributed by atoms with Crippen molar-refractivity contribution in [2.45, 2.75) is 6.61 Å². The summed E-state index contributed by atoms with van der Waals surface area (Å²) in [5.41, 5.74) is 2.46. The van der Waals surface area contributed by atoms with Crippen LogP contribution in [0.5, 0.6) is 5.75 Å². The maximum atomic E-state index is 12.9. The van der Waals surface area contributed by atoms with Crippen molar-refractivity contribution in [3.63, 3.8) is 0 Å². The molecule has 172 valence electrons. The van der Waals surface area contributed by atoms with Gasteiger partial charge in [0.05, 0.1) is 16.2 Å². The molecule has 3 aromatic carbocycles. The minimum absolute atomic E-state index is 0.175. The first-order valence-corrected chi connectivity index (χ1v) is 12.1. The molecule has 3 aromatic rings. The topological polar surface area (TPSA) is 79.2 Å². The van der Waals surface area contributed by atoms with Crippen molar-refractivity contribution >= 4 is 68.1 Å². The first-order chi connectivity index (χ1) is 16.3. The highest BCUT2D eigenvalue weighted by Crippen LogP contribution is 2.35. The molecule has 0 atom stereocenters. The van der Waals surface area contributed by atoms with E-state index < -0.39 is 5.97 Å². The van der Waals surface area contributed by atoms with Crippen molar-refractivity contribution in [3.05, 3.63) is 97.8 Å². The molecule has 1 heterocycles. The van der Waals surface area contributed by atoms with Crippen molar-refractivity contribution < 1.29 is 19.4 Å². The van der Waals surface area contributed by atoms with E-state index in [0.29, 0.717) is 33.1 Å². The molecule has 1 aliphatic heterocycles. The number of likely N-dealkylation sites (N-methyl/N-ethyl adjacent to an activating group) is 1. The number of nitrogens with zero attached hydrogens (tertiary/aromatic N) is 2. The summed E-state index contributed by atoms with van der Waals surface area (Å²) in [6, 6.07) is 19.2. The number of aliphatic imine (C=N–C) groups is 1. The largest absolute Gasteiger partial charge is 0.488 e. The normalized spacial score (nSPS) is 15.9. The highest BCUT2D eigenvalue weighted by molar-refractivity contribution is 9.10. The minimum Gasteiger partial charge on any atom is -0.488 e. The average molecular weight is 558 g/mol. The van der Waals surface area contributed by atoms with Gasteiger partial charge in [-0.2, -0.15) is 0 Å². The molecule has 1 saturated heterocycles. The molecule has 1 N–H and O–H groups in total. The fourth-order valence-corrected chi connectivity index (χ4v) is 4.57. The number of carbonyl (C=O) groups excluding carboxylic acids is 1. The number of thioether (sulfide) groups is 1. The maximum absolute atomic E-state index is 12.9. The Morgan fingerprint density at radius 2 is 1.85 bits per heavy atom. The van der Waals surface area contributed by atoms with Crippen LogP contribution < -0.4 is 4.74 Å². The number of amidine groups is 1. The molecule has 0 unspecified atom stereocenters. The van der Waals surface area contributed by atoms with Gasteiger partial charge in [0.25, 0.3) is 5.91 Å². The molecule has 0 radical (unpaired) electrons.